The highest BCUT2D eigenvalue weighted by Gasteiger charge is 2.25. The first-order valence-corrected chi connectivity index (χ1v) is 7.16. The van der Waals surface area contributed by atoms with E-state index in [1.165, 1.54) is 6.07 Å². The van der Waals surface area contributed by atoms with Gasteiger partial charge in [0.15, 0.2) is 0 Å². The molecule has 0 amide bonds. The third-order valence-electron chi connectivity index (χ3n) is 3.10. The van der Waals surface area contributed by atoms with Crippen LogP contribution in [0.3, 0.4) is 0 Å². The third kappa shape index (κ3) is 2.97. The number of aryl methyl sites for hydroxylation is 1. The van der Waals surface area contributed by atoms with E-state index in [4.69, 9.17) is 23.2 Å². The first-order valence-electron chi connectivity index (χ1n) is 6.41. The van der Waals surface area contributed by atoms with Crippen molar-refractivity contribution in [2.45, 2.75) is 19.4 Å². The van der Waals surface area contributed by atoms with Gasteiger partial charge in [-0.2, -0.15) is 5.10 Å². The van der Waals surface area contributed by atoms with Crippen LogP contribution in [0, 0.1) is 5.82 Å². The van der Waals surface area contributed by atoms with Gasteiger partial charge in [0.25, 0.3) is 0 Å². The standard InChI is InChI=1S/C14H16Cl2FN3/c1-3-7-18-13(14-10(16)8-19-20(14)2)12-9(15)5-4-6-11(12)17/h4-6,8,13,18H,3,7H2,1-2H3. The van der Waals surface area contributed by atoms with E-state index in [9.17, 15) is 4.39 Å². The molecule has 0 aliphatic carbocycles. The first kappa shape index (κ1) is 15.3. The van der Waals surface area contributed by atoms with Crippen molar-refractivity contribution in [1.29, 1.82) is 0 Å². The number of hydrogen-bond donors (Lipinski definition) is 1. The second kappa shape index (κ2) is 6.57. The molecule has 0 aliphatic rings. The van der Waals surface area contributed by atoms with E-state index in [2.05, 4.69) is 10.4 Å². The fraction of sp³-hybridized carbons (Fsp3) is 0.357. The van der Waals surface area contributed by atoms with E-state index in [0.717, 1.165) is 13.0 Å². The van der Waals surface area contributed by atoms with Gasteiger partial charge in [0, 0.05) is 17.6 Å². The fourth-order valence-electron chi connectivity index (χ4n) is 2.16. The molecule has 1 unspecified atom stereocenters. The minimum absolute atomic E-state index is 0.358. The summed E-state index contributed by atoms with van der Waals surface area (Å²) in [5, 5.41) is 8.25. The Morgan fingerprint density at radius 1 is 1.35 bits per heavy atom. The highest BCUT2D eigenvalue weighted by atomic mass is 35.5. The van der Waals surface area contributed by atoms with Gasteiger partial charge in [-0.25, -0.2) is 4.39 Å². The van der Waals surface area contributed by atoms with Crippen molar-refractivity contribution >= 4 is 23.2 Å². The molecule has 108 valence electrons. The number of nitrogens with zero attached hydrogens (tertiary/aromatic N) is 2. The Morgan fingerprint density at radius 3 is 2.65 bits per heavy atom. The number of benzene rings is 1. The van der Waals surface area contributed by atoms with Crippen LogP contribution in [0.1, 0.15) is 30.6 Å². The second-order valence-electron chi connectivity index (χ2n) is 4.52. The summed E-state index contributed by atoms with van der Waals surface area (Å²) in [7, 11) is 1.77. The number of rotatable bonds is 5. The summed E-state index contributed by atoms with van der Waals surface area (Å²) >= 11 is 12.4. The molecule has 1 N–H and O–H groups in total. The second-order valence-corrected chi connectivity index (χ2v) is 5.34. The zero-order valence-electron chi connectivity index (χ0n) is 11.3. The molecule has 2 rings (SSSR count). The average molecular weight is 316 g/mol. The van der Waals surface area contributed by atoms with Crippen LogP contribution in [0.15, 0.2) is 24.4 Å². The van der Waals surface area contributed by atoms with Crippen LogP contribution < -0.4 is 5.32 Å². The molecule has 0 radical (unpaired) electrons. The molecule has 1 heterocycles. The lowest BCUT2D eigenvalue weighted by Gasteiger charge is -2.21. The molecule has 0 fully saturated rings. The molecule has 1 aromatic heterocycles. The van der Waals surface area contributed by atoms with Crippen LogP contribution in [-0.2, 0) is 7.05 Å². The van der Waals surface area contributed by atoms with Crippen LogP contribution in [0.5, 0.6) is 0 Å². The Balaban J connectivity index is 2.53. The minimum atomic E-state index is -0.427. The first-order chi connectivity index (χ1) is 9.56. The van der Waals surface area contributed by atoms with Crippen LogP contribution >= 0.6 is 23.2 Å². The van der Waals surface area contributed by atoms with E-state index in [1.807, 2.05) is 6.92 Å². The summed E-state index contributed by atoms with van der Waals surface area (Å²) in [6.45, 7) is 2.76. The van der Waals surface area contributed by atoms with E-state index < -0.39 is 6.04 Å². The van der Waals surface area contributed by atoms with E-state index >= 15 is 0 Å². The highest BCUT2D eigenvalue weighted by molar-refractivity contribution is 6.32. The SMILES string of the molecule is CCCNC(c1c(F)cccc1Cl)c1c(Cl)cnn1C. The minimum Gasteiger partial charge on any atom is -0.305 e. The molecule has 1 atom stereocenters. The van der Waals surface area contributed by atoms with Crippen molar-refractivity contribution in [2.75, 3.05) is 6.54 Å². The molecule has 6 heteroatoms. The normalized spacial score (nSPS) is 12.7. The number of halogens is 3. The van der Waals surface area contributed by atoms with Crippen LogP contribution in [0.2, 0.25) is 10.0 Å². The van der Waals surface area contributed by atoms with Crippen molar-refractivity contribution in [3.63, 3.8) is 0 Å². The Hall–Kier alpha value is -1.10. The maximum atomic E-state index is 14.2. The largest absolute Gasteiger partial charge is 0.305 e. The molecule has 0 bridgehead atoms. The van der Waals surface area contributed by atoms with Gasteiger partial charge in [0.1, 0.15) is 5.82 Å². The van der Waals surface area contributed by atoms with Gasteiger partial charge in [-0.15, -0.1) is 0 Å². The molecular weight excluding hydrogens is 300 g/mol. The fourth-order valence-corrected chi connectivity index (χ4v) is 2.70. The highest BCUT2D eigenvalue weighted by Crippen LogP contribution is 2.33. The zero-order chi connectivity index (χ0) is 14.7. The molecule has 3 nitrogen and oxygen atoms in total. The van der Waals surface area contributed by atoms with Crippen LogP contribution in [0.25, 0.3) is 0 Å². The molecule has 0 saturated carbocycles. The molecule has 1 aromatic carbocycles. The van der Waals surface area contributed by atoms with Crippen molar-refractivity contribution in [1.82, 2.24) is 15.1 Å². The van der Waals surface area contributed by atoms with E-state index in [0.29, 0.717) is 21.3 Å². The van der Waals surface area contributed by atoms with Gasteiger partial charge in [0.05, 0.1) is 23.0 Å². The van der Waals surface area contributed by atoms with Crippen molar-refractivity contribution in [2.24, 2.45) is 7.05 Å². The summed E-state index contributed by atoms with van der Waals surface area (Å²) in [6, 6.07) is 4.23. The van der Waals surface area contributed by atoms with Gasteiger partial charge < -0.3 is 5.32 Å². The molecule has 0 saturated heterocycles. The Labute approximate surface area is 127 Å². The van der Waals surface area contributed by atoms with Gasteiger partial charge in [0.2, 0.25) is 0 Å². The summed E-state index contributed by atoms with van der Waals surface area (Å²) in [5.41, 5.74) is 1.10. The van der Waals surface area contributed by atoms with E-state index in [-0.39, 0.29) is 5.82 Å². The zero-order valence-corrected chi connectivity index (χ0v) is 12.8. The molecule has 0 spiro atoms. The summed E-state index contributed by atoms with van der Waals surface area (Å²) < 4.78 is 15.8. The summed E-state index contributed by atoms with van der Waals surface area (Å²) in [5.74, 6) is -0.358. The lowest BCUT2D eigenvalue weighted by molar-refractivity contribution is 0.520. The van der Waals surface area contributed by atoms with Crippen LogP contribution in [-0.4, -0.2) is 16.3 Å². The number of hydrogen-bond acceptors (Lipinski definition) is 2. The van der Waals surface area contributed by atoms with Crippen molar-refractivity contribution in [3.05, 3.63) is 51.5 Å². The molecule has 0 aliphatic heterocycles. The lowest BCUT2D eigenvalue weighted by Crippen LogP contribution is -2.26. The molecule has 2 aromatic rings. The topological polar surface area (TPSA) is 29.9 Å². The van der Waals surface area contributed by atoms with Gasteiger partial charge in [-0.3, -0.25) is 4.68 Å². The van der Waals surface area contributed by atoms with Crippen LogP contribution in [0.4, 0.5) is 4.39 Å². The average Bonchev–Trinajstić information content (AvgIpc) is 2.73. The van der Waals surface area contributed by atoms with Gasteiger partial charge in [-0.1, -0.05) is 36.2 Å². The third-order valence-corrected chi connectivity index (χ3v) is 3.72. The summed E-state index contributed by atoms with van der Waals surface area (Å²) in [4.78, 5) is 0. The predicted octanol–water partition coefficient (Wildman–Crippen LogP) is 3.96. The summed E-state index contributed by atoms with van der Waals surface area (Å²) in [6.07, 6.45) is 2.46. The predicted molar refractivity (Wildman–Crippen MR) is 79.8 cm³/mol. The Kier molecular flexibility index (Phi) is 5.02. The maximum absolute atomic E-state index is 14.2. The van der Waals surface area contributed by atoms with Crippen molar-refractivity contribution in [3.8, 4) is 0 Å². The number of nitrogens with one attached hydrogen (secondary N) is 1. The molecular formula is C14H16Cl2FN3. The maximum Gasteiger partial charge on any atom is 0.129 e. The van der Waals surface area contributed by atoms with Crippen molar-refractivity contribution < 1.29 is 4.39 Å². The van der Waals surface area contributed by atoms with E-state index in [1.54, 1.807) is 30.1 Å². The monoisotopic (exact) mass is 315 g/mol. The quantitative estimate of drug-likeness (QED) is 0.905. The van der Waals surface area contributed by atoms with Gasteiger partial charge >= 0.3 is 0 Å². The van der Waals surface area contributed by atoms with Gasteiger partial charge in [-0.05, 0) is 25.1 Å². The Morgan fingerprint density at radius 2 is 2.10 bits per heavy atom. The Bertz CT molecular complexity index is 558. The lowest BCUT2D eigenvalue weighted by atomic mass is 10.0. The molecule has 20 heavy (non-hydrogen) atoms. The smallest absolute Gasteiger partial charge is 0.129 e. The number of aromatic nitrogens is 2.